The van der Waals surface area contributed by atoms with E-state index in [1.54, 1.807) is 6.33 Å². The second kappa shape index (κ2) is 5.63. The third-order valence-electron chi connectivity index (χ3n) is 3.44. The topological polar surface area (TPSA) is 98.6 Å². The van der Waals surface area contributed by atoms with Gasteiger partial charge in [-0.1, -0.05) is 13.8 Å². The summed E-state index contributed by atoms with van der Waals surface area (Å²) in [4.78, 5) is 19.1. The van der Waals surface area contributed by atoms with Gasteiger partial charge in [-0.15, -0.1) is 0 Å². The predicted molar refractivity (Wildman–Crippen MR) is 79.0 cm³/mol. The Morgan fingerprint density at radius 3 is 2.76 bits per heavy atom. The molecule has 8 nitrogen and oxygen atoms in total. The van der Waals surface area contributed by atoms with Crippen molar-refractivity contribution in [3.8, 4) is 5.95 Å². The van der Waals surface area contributed by atoms with Crippen LogP contribution in [0.3, 0.4) is 0 Å². The van der Waals surface area contributed by atoms with Crippen LogP contribution < -0.4 is 10.6 Å². The first-order valence-electron chi connectivity index (χ1n) is 7.26. The zero-order valence-electron chi connectivity index (χ0n) is 12.3. The molecule has 1 saturated carbocycles. The summed E-state index contributed by atoms with van der Waals surface area (Å²) in [5.74, 6) is 1.89. The van der Waals surface area contributed by atoms with Crippen molar-refractivity contribution in [3.05, 3.63) is 12.7 Å². The van der Waals surface area contributed by atoms with Crippen LogP contribution in [0, 0.1) is 5.92 Å². The van der Waals surface area contributed by atoms with E-state index in [0.29, 0.717) is 23.9 Å². The molecular weight excluding hydrogens is 268 g/mol. The van der Waals surface area contributed by atoms with Gasteiger partial charge in [0.1, 0.15) is 12.7 Å². The van der Waals surface area contributed by atoms with Gasteiger partial charge in [-0.25, -0.2) is 4.98 Å². The maximum absolute atomic E-state index is 5.83. The molecule has 1 aliphatic rings. The van der Waals surface area contributed by atoms with Crippen molar-refractivity contribution >= 4 is 11.9 Å². The normalized spacial score (nSPS) is 14.6. The quantitative estimate of drug-likeness (QED) is 0.848. The molecule has 0 spiro atoms. The molecule has 1 aliphatic carbocycles. The number of nitrogen functional groups attached to an aromatic ring is 1. The lowest BCUT2D eigenvalue weighted by Gasteiger charge is -2.23. The van der Waals surface area contributed by atoms with Gasteiger partial charge in [0.25, 0.3) is 5.95 Å². The SMILES string of the molecule is CC(C)CCN(c1nc(N)nc(-n2cncn2)n1)C1CC1. The first-order chi connectivity index (χ1) is 10.1. The molecule has 0 saturated heterocycles. The van der Waals surface area contributed by atoms with Gasteiger partial charge in [-0.3, -0.25) is 0 Å². The number of aromatic nitrogens is 6. The first kappa shape index (κ1) is 13.7. The predicted octanol–water partition coefficient (Wildman–Crippen LogP) is 1.05. The molecule has 1 fully saturated rings. The number of rotatable bonds is 6. The fraction of sp³-hybridized carbons (Fsp3) is 0.615. The Bertz CT molecular complexity index is 590. The van der Waals surface area contributed by atoms with Gasteiger partial charge < -0.3 is 10.6 Å². The molecule has 2 aromatic heterocycles. The van der Waals surface area contributed by atoms with E-state index in [1.165, 1.54) is 23.9 Å². The van der Waals surface area contributed by atoms with Gasteiger partial charge in [-0.2, -0.15) is 24.7 Å². The Morgan fingerprint density at radius 2 is 2.14 bits per heavy atom. The molecule has 0 radical (unpaired) electrons. The van der Waals surface area contributed by atoms with Crippen molar-refractivity contribution in [1.82, 2.24) is 29.7 Å². The molecule has 2 heterocycles. The van der Waals surface area contributed by atoms with Crippen LogP contribution in [0.2, 0.25) is 0 Å². The molecule has 0 unspecified atom stereocenters. The lowest BCUT2D eigenvalue weighted by atomic mass is 10.1. The van der Waals surface area contributed by atoms with Gasteiger partial charge in [0.15, 0.2) is 0 Å². The number of nitrogens with two attached hydrogens (primary N) is 1. The van der Waals surface area contributed by atoms with Crippen molar-refractivity contribution < 1.29 is 0 Å². The largest absolute Gasteiger partial charge is 0.368 e. The van der Waals surface area contributed by atoms with E-state index in [2.05, 4.69) is 43.8 Å². The van der Waals surface area contributed by atoms with Crippen LogP contribution in [-0.4, -0.2) is 42.3 Å². The Labute approximate surface area is 123 Å². The summed E-state index contributed by atoms with van der Waals surface area (Å²) in [6, 6.07) is 0.522. The summed E-state index contributed by atoms with van der Waals surface area (Å²) < 4.78 is 1.50. The van der Waals surface area contributed by atoms with E-state index in [-0.39, 0.29) is 5.95 Å². The molecular formula is C13H20N8. The third-order valence-corrected chi connectivity index (χ3v) is 3.44. The van der Waals surface area contributed by atoms with Gasteiger partial charge in [0.05, 0.1) is 0 Å². The Morgan fingerprint density at radius 1 is 1.33 bits per heavy atom. The van der Waals surface area contributed by atoms with E-state index < -0.39 is 0 Å². The number of nitrogens with zero attached hydrogens (tertiary/aromatic N) is 7. The Hall–Kier alpha value is -2.25. The molecule has 0 aliphatic heterocycles. The van der Waals surface area contributed by atoms with Crippen molar-refractivity contribution in [2.75, 3.05) is 17.2 Å². The Balaban J connectivity index is 1.88. The highest BCUT2D eigenvalue weighted by Gasteiger charge is 2.31. The number of hydrogen-bond donors (Lipinski definition) is 1. The maximum atomic E-state index is 5.83. The summed E-state index contributed by atoms with van der Waals surface area (Å²) >= 11 is 0. The molecule has 2 N–H and O–H groups in total. The molecule has 2 aromatic rings. The summed E-state index contributed by atoms with van der Waals surface area (Å²) in [6.45, 7) is 5.37. The second-order valence-corrected chi connectivity index (χ2v) is 5.74. The summed E-state index contributed by atoms with van der Waals surface area (Å²) in [5.41, 5.74) is 5.83. The van der Waals surface area contributed by atoms with Crippen LogP contribution in [-0.2, 0) is 0 Å². The zero-order valence-corrected chi connectivity index (χ0v) is 12.3. The molecule has 3 rings (SSSR count). The van der Waals surface area contributed by atoms with Crippen molar-refractivity contribution in [1.29, 1.82) is 0 Å². The van der Waals surface area contributed by atoms with E-state index in [1.807, 2.05) is 0 Å². The average molecular weight is 288 g/mol. The highest BCUT2D eigenvalue weighted by atomic mass is 15.4. The van der Waals surface area contributed by atoms with Gasteiger partial charge in [0.2, 0.25) is 11.9 Å². The van der Waals surface area contributed by atoms with Crippen LogP contribution in [0.25, 0.3) is 5.95 Å². The van der Waals surface area contributed by atoms with Gasteiger partial charge in [0, 0.05) is 12.6 Å². The monoisotopic (exact) mass is 288 g/mol. The zero-order chi connectivity index (χ0) is 14.8. The van der Waals surface area contributed by atoms with Crippen molar-refractivity contribution in [3.63, 3.8) is 0 Å². The lowest BCUT2D eigenvalue weighted by Crippen LogP contribution is -2.30. The van der Waals surface area contributed by atoms with E-state index in [4.69, 9.17) is 5.73 Å². The van der Waals surface area contributed by atoms with Crippen LogP contribution in [0.4, 0.5) is 11.9 Å². The van der Waals surface area contributed by atoms with Gasteiger partial charge >= 0.3 is 0 Å². The number of hydrogen-bond acceptors (Lipinski definition) is 7. The van der Waals surface area contributed by atoms with E-state index in [0.717, 1.165) is 13.0 Å². The van der Waals surface area contributed by atoms with Gasteiger partial charge in [-0.05, 0) is 25.2 Å². The summed E-state index contributed by atoms with van der Waals surface area (Å²) in [6.07, 6.45) is 6.45. The molecule has 21 heavy (non-hydrogen) atoms. The molecule has 8 heteroatoms. The highest BCUT2D eigenvalue weighted by molar-refractivity contribution is 5.40. The van der Waals surface area contributed by atoms with Crippen molar-refractivity contribution in [2.45, 2.75) is 39.2 Å². The van der Waals surface area contributed by atoms with Crippen molar-refractivity contribution in [2.24, 2.45) is 5.92 Å². The molecule has 0 bridgehead atoms. The Kier molecular flexibility index (Phi) is 3.68. The summed E-state index contributed by atoms with van der Waals surface area (Å²) in [5, 5.41) is 4.04. The van der Waals surface area contributed by atoms with E-state index in [9.17, 15) is 0 Å². The minimum Gasteiger partial charge on any atom is -0.368 e. The minimum absolute atomic E-state index is 0.209. The number of anilines is 2. The first-order valence-corrected chi connectivity index (χ1v) is 7.26. The maximum Gasteiger partial charge on any atom is 0.258 e. The van der Waals surface area contributed by atoms with Crippen LogP contribution in [0.1, 0.15) is 33.1 Å². The summed E-state index contributed by atoms with van der Waals surface area (Å²) in [7, 11) is 0. The van der Waals surface area contributed by atoms with E-state index >= 15 is 0 Å². The molecule has 0 atom stereocenters. The molecule has 0 aromatic carbocycles. The minimum atomic E-state index is 0.209. The third kappa shape index (κ3) is 3.26. The highest BCUT2D eigenvalue weighted by Crippen LogP contribution is 2.30. The standard InChI is InChI=1S/C13H20N8/c1-9(2)5-6-20(10-3-4-10)12-17-11(14)18-13(19-12)21-8-15-7-16-21/h7-10H,3-6H2,1-2H3,(H2,14,17,18,19). The average Bonchev–Trinajstić information content (AvgIpc) is 3.12. The van der Waals surface area contributed by atoms with Crippen LogP contribution in [0.5, 0.6) is 0 Å². The fourth-order valence-corrected chi connectivity index (χ4v) is 2.14. The second-order valence-electron chi connectivity index (χ2n) is 5.74. The molecule has 0 amide bonds. The lowest BCUT2D eigenvalue weighted by molar-refractivity contribution is 0.564. The smallest absolute Gasteiger partial charge is 0.258 e. The van der Waals surface area contributed by atoms with Crippen LogP contribution >= 0.6 is 0 Å². The fourth-order valence-electron chi connectivity index (χ4n) is 2.14. The van der Waals surface area contributed by atoms with Crippen LogP contribution in [0.15, 0.2) is 12.7 Å². The molecule has 112 valence electrons.